The summed E-state index contributed by atoms with van der Waals surface area (Å²) in [6, 6.07) is 15.7. The smallest absolute Gasteiger partial charge is 0.162 e. The van der Waals surface area contributed by atoms with Gasteiger partial charge >= 0.3 is 0 Å². The van der Waals surface area contributed by atoms with Crippen LogP contribution in [0.15, 0.2) is 76.2 Å². The van der Waals surface area contributed by atoms with E-state index < -0.39 is 0 Å². The van der Waals surface area contributed by atoms with Crippen LogP contribution in [0.2, 0.25) is 5.02 Å². The second-order valence-electron chi connectivity index (χ2n) is 8.23. The maximum atomic E-state index is 13.2. The van der Waals surface area contributed by atoms with Crippen LogP contribution in [-0.2, 0) is 4.79 Å². The molecule has 0 saturated heterocycles. The van der Waals surface area contributed by atoms with Crippen molar-refractivity contribution < 1.29 is 4.79 Å². The first-order valence-corrected chi connectivity index (χ1v) is 10.5. The zero-order valence-electron chi connectivity index (χ0n) is 15.9. The summed E-state index contributed by atoms with van der Waals surface area (Å²) < 4.78 is 1.01. The van der Waals surface area contributed by atoms with Gasteiger partial charge in [0.25, 0.3) is 0 Å². The van der Waals surface area contributed by atoms with Crippen molar-refractivity contribution in [2.24, 2.45) is 11.1 Å². The number of allylic oxidation sites excluding steroid dienone is 3. The van der Waals surface area contributed by atoms with Gasteiger partial charge in [-0.2, -0.15) is 0 Å². The number of anilines is 1. The molecule has 28 heavy (non-hydrogen) atoms. The Morgan fingerprint density at radius 2 is 1.71 bits per heavy atom. The van der Waals surface area contributed by atoms with Gasteiger partial charge in [0.2, 0.25) is 0 Å². The summed E-state index contributed by atoms with van der Waals surface area (Å²) in [7, 11) is 0. The highest BCUT2D eigenvalue weighted by atomic mass is 79.9. The van der Waals surface area contributed by atoms with Gasteiger partial charge in [-0.05, 0) is 59.9 Å². The number of ketones is 1. The third-order valence-corrected chi connectivity index (χ3v) is 6.17. The van der Waals surface area contributed by atoms with Crippen molar-refractivity contribution in [2.75, 3.05) is 4.90 Å². The van der Waals surface area contributed by atoms with E-state index in [1.165, 1.54) is 0 Å². The van der Waals surface area contributed by atoms with E-state index in [4.69, 9.17) is 17.3 Å². The number of carbonyl (C=O) groups is 1. The van der Waals surface area contributed by atoms with E-state index in [1.807, 2.05) is 59.5 Å². The highest BCUT2D eigenvalue weighted by Crippen LogP contribution is 2.47. The zero-order chi connectivity index (χ0) is 20.1. The number of nitrogens with two attached hydrogens (primary N) is 1. The Balaban J connectivity index is 1.88. The number of halogens is 2. The molecule has 2 aliphatic rings. The monoisotopic (exact) mass is 456 g/mol. The molecule has 1 aliphatic carbocycles. The number of carbonyl (C=O) groups excluding carboxylic acids is 1. The minimum atomic E-state index is -0.129. The molecule has 144 valence electrons. The van der Waals surface area contributed by atoms with E-state index in [-0.39, 0.29) is 17.1 Å². The van der Waals surface area contributed by atoms with Crippen LogP contribution in [0.3, 0.4) is 0 Å². The van der Waals surface area contributed by atoms with Crippen LogP contribution in [0.5, 0.6) is 0 Å². The van der Waals surface area contributed by atoms with Gasteiger partial charge in [-0.1, -0.05) is 53.5 Å². The molecule has 0 saturated carbocycles. The molecule has 0 bridgehead atoms. The summed E-state index contributed by atoms with van der Waals surface area (Å²) in [6.07, 6.45) is 3.33. The summed E-state index contributed by atoms with van der Waals surface area (Å²) in [5.74, 6) is 0.705. The molecule has 4 rings (SSSR count). The van der Waals surface area contributed by atoms with Crippen LogP contribution in [0, 0.1) is 5.41 Å². The minimum Gasteiger partial charge on any atom is -0.385 e. The average Bonchev–Trinajstić information content (AvgIpc) is 2.62. The quantitative estimate of drug-likeness (QED) is 0.588. The molecule has 0 fully saturated rings. The SMILES string of the molecule is CC1(C)CC(=O)C2=C(C1)N(c1ccc(Cl)cc1)C(N)=CC2c1ccc(Br)cc1. The van der Waals surface area contributed by atoms with Crippen molar-refractivity contribution in [3.05, 3.63) is 86.8 Å². The summed E-state index contributed by atoms with van der Waals surface area (Å²) in [5, 5.41) is 0.672. The highest BCUT2D eigenvalue weighted by molar-refractivity contribution is 9.10. The first-order valence-electron chi connectivity index (χ1n) is 9.30. The lowest BCUT2D eigenvalue weighted by Gasteiger charge is -2.42. The zero-order valence-corrected chi connectivity index (χ0v) is 18.2. The Bertz CT molecular complexity index is 990. The number of Topliss-reactive ketones (excluding diaryl/α,β-unsaturated/α-hetero) is 1. The van der Waals surface area contributed by atoms with Gasteiger partial charge in [-0.3, -0.25) is 4.79 Å². The molecule has 1 heterocycles. The fourth-order valence-corrected chi connectivity index (χ4v) is 4.56. The summed E-state index contributed by atoms with van der Waals surface area (Å²) in [6.45, 7) is 4.27. The summed E-state index contributed by atoms with van der Waals surface area (Å²) in [5.41, 5.74) is 10.3. The Morgan fingerprint density at radius 1 is 1.07 bits per heavy atom. The van der Waals surface area contributed by atoms with E-state index in [9.17, 15) is 4.79 Å². The molecule has 2 aromatic carbocycles. The van der Waals surface area contributed by atoms with Gasteiger partial charge in [0.05, 0.1) is 0 Å². The Hall–Kier alpha value is -2.04. The Labute approximate surface area is 179 Å². The molecular weight excluding hydrogens is 436 g/mol. The summed E-state index contributed by atoms with van der Waals surface area (Å²) >= 11 is 9.56. The maximum Gasteiger partial charge on any atom is 0.162 e. The van der Waals surface area contributed by atoms with Gasteiger partial charge in [-0.25, -0.2) is 0 Å². The van der Waals surface area contributed by atoms with Crippen LogP contribution in [0.25, 0.3) is 0 Å². The molecule has 0 amide bonds. The molecular formula is C23H22BrClN2O. The molecule has 1 unspecified atom stereocenters. The van der Waals surface area contributed by atoms with Gasteiger partial charge < -0.3 is 10.6 Å². The molecule has 5 heteroatoms. The molecule has 0 spiro atoms. The van der Waals surface area contributed by atoms with Gasteiger partial charge in [0.15, 0.2) is 5.78 Å². The largest absolute Gasteiger partial charge is 0.385 e. The number of hydrogen-bond donors (Lipinski definition) is 1. The van der Waals surface area contributed by atoms with Crippen molar-refractivity contribution in [3.8, 4) is 0 Å². The molecule has 3 nitrogen and oxygen atoms in total. The lowest BCUT2D eigenvalue weighted by atomic mass is 9.70. The van der Waals surface area contributed by atoms with E-state index in [0.717, 1.165) is 33.4 Å². The first-order chi connectivity index (χ1) is 13.2. The molecule has 0 radical (unpaired) electrons. The lowest BCUT2D eigenvalue weighted by molar-refractivity contribution is -0.118. The molecule has 2 aromatic rings. The standard InChI is InChI=1S/C23H22BrClN2O/c1-23(2)12-19-22(20(28)13-23)18(14-3-5-15(24)6-4-14)11-21(26)27(19)17-9-7-16(25)8-10-17/h3-11,18H,12-13,26H2,1-2H3. The number of hydrogen-bond acceptors (Lipinski definition) is 3. The second-order valence-corrected chi connectivity index (χ2v) is 9.59. The topological polar surface area (TPSA) is 46.3 Å². The fourth-order valence-electron chi connectivity index (χ4n) is 4.17. The van der Waals surface area contributed by atoms with Crippen molar-refractivity contribution in [2.45, 2.75) is 32.6 Å². The average molecular weight is 458 g/mol. The fraction of sp³-hybridized carbons (Fsp3) is 0.261. The number of benzene rings is 2. The number of rotatable bonds is 2. The molecule has 0 aromatic heterocycles. The van der Waals surface area contributed by atoms with Crippen LogP contribution in [0.4, 0.5) is 5.69 Å². The van der Waals surface area contributed by atoms with Crippen molar-refractivity contribution in [3.63, 3.8) is 0 Å². The van der Waals surface area contributed by atoms with Crippen molar-refractivity contribution in [1.82, 2.24) is 0 Å². The van der Waals surface area contributed by atoms with Crippen LogP contribution in [0.1, 0.15) is 38.2 Å². The normalized spacial score (nSPS) is 21.4. The predicted octanol–water partition coefficient (Wildman–Crippen LogP) is 6.15. The first kappa shape index (κ1) is 19.3. The van der Waals surface area contributed by atoms with E-state index in [1.54, 1.807) is 0 Å². The van der Waals surface area contributed by atoms with E-state index in [0.29, 0.717) is 17.3 Å². The maximum absolute atomic E-state index is 13.2. The molecule has 1 aliphatic heterocycles. The number of nitrogens with zero attached hydrogens (tertiary/aromatic N) is 1. The van der Waals surface area contributed by atoms with Gasteiger partial charge in [0, 0.05) is 38.8 Å². The van der Waals surface area contributed by atoms with Crippen molar-refractivity contribution >= 4 is 39.0 Å². The Morgan fingerprint density at radius 3 is 2.36 bits per heavy atom. The Kier molecular flexibility index (Phi) is 4.88. The van der Waals surface area contributed by atoms with Crippen LogP contribution in [-0.4, -0.2) is 5.78 Å². The third kappa shape index (κ3) is 3.51. The van der Waals surface area contributed by atoms with E-state index >= 15 is 0 Å². The minimum absolute atomic E-state index is 0.109. The van der Waals surface area contributed by atoms with Gasteiger partial charge in [0.1, 0.15) is 5.82 Å². The third-order valence-electron chi connectivity index (χ3n) is 5.39. The van der Waals surface area contributed by atoms with E-state index in [2.05, 4.69) is 29.8 Å². The summed E-state index contributed by atoms with van der Waals surface area (Å²) in [4.78, 5) is 15.3. The predicted molar refractivity (Wildman–Crippen MR) is 118 cm³/mol. The van der Waals surface area contributed by atoms with Crippen LogP contribution >= 0.6 is 27.5 Å². The van der Waals surface area contributed by atoms with Crippen molar-refractivity contribution in [1.29, 1.82) is 0 Å². The van der Waals surface area contributed by atoms with Crippen LogP contribution < -0.4 is 10.6 Å². The lowest BCUT2D eigenvalue weighted by Crippen LogP contribution is -2.40. The second kappa shape index (κ2) is 7.09. The van der Waals surface area contributed by atoms with Gasteiger partial charge in [-0.15, -0.1) is 0 Å². The molecule has 2 N–H and O–H groups in total. The highest BCUT2D eigenvalue weighted by Gasteiger charge is 2.41. The molecule has 1 atom stereocenters.